The number of rotatable bonds is 7. The average Bonchev–Trinajstić information content (AvgIpc) is 2.94. The van der Waals surface area contributed by atoms with E-state index in [9.17, 15) is 9.90 Å². The third-order valence-electron chi connectivity index (χ3n) is 3.69. The normalized spacial score (nSPS) is 14.0. The largest absolute Gasteiger partial charge is 0.391 e. The lowest BCUT2D eigenvalue weighted by atomic mass is 10.0. The van der Waals surface area contributed by atoms with Crippen LogP contribution < -0.4 is 10.6 Å². The maximum absolute atomic E-state index is 12.1. The maximum atomic E-state index is 12.1. The van der Waals surface area contributed by atoms with Gasteiger partial charge in [0.15, 0.2) is 11.5 Å². The molecule has 0 aromatic carbocycles. The maximum Gasteiger partial charge on any atom is 0.315 e. The molecule has 0 aliphatic heterocycles. The highest BCUT2D eigenvalue weighted by atomic mass is 16.3. The predicted octanol–water partition coefficient (Wildman–Crippen LogP) is 1.89. The van der Waals surface area contributed by atoms with Gasteiger partial charge in [0.05, 0.1) is 12.1 Å². The predicted molar refractivity (Wildman–Crippen MR) is 88.0 cm³/mol. The van der Waals surface area contributed by atoms with Crippen LogP contribution in [0, 0.1) is 5.92 Å². The second-order valence-electron chi connectivity index (χ2n) is 6.01. The number of hydrogen-bond donors (Lipinski definition) is 3. The molecular formula is C16H25N5O2. The van der Waals surface area contributed by atoms with Crippen molar-refractivity contribution in [2.24, 2.45) is 5.92 Å². The lowest BCUT2D eigenvalue weighted by molar-refractivity contribution is 0.159. The molecule has 0 bridgehead atoms. The summed E-state index contributed by atoms with van der Waals surface area (Å²) in [5.41, 5.74) is 0.744. The fourth-order valence-electron chi connectivity index (χ4n) is 2.44. The number of urea groups is 1. The number of carbonyl (C=O) groups excluding carboxylic acids is 1. The van der Waals surface area contributed by atoms with Crippen molar-refractivity contribution in [1.29, 1.82) is 0 Å². The smallest absolute Gasteiger partial charge is 0.315 e. The number of aliphatic hydroxyl groups is 1. The number of pyridine rings is 1. The van der Waals surface area contributed by atoms with E-state index < -0.39 is 6.10 Å². The molecule has 0 aliphatic carbocycles. The van der Waals surface area contributed by atoms with Crippen LogP contribution in [-0.2, 0) is 0 Å². The topological polar surface area (TPSA) is 91.5 Å². The minimum absolute atomic E-state index is 0.147. The molecule has 2 unspecified atom stereocenters. The molecular weight excluding hydrogens is 294 g/mol. The lowest BCUT2D eigenvalue weighted by Crippen LogP contribution is -2.43. The number of fused-ring (bicyclic) bond motifs is 1. The molecule has 2 aromatic heterocycles. The summed E-state index contributed by atoms with van der Waals surface area (Å²) in [6, 6.07) is 5.09. The van der Waals surface area contributed by atoms with Crippen LogP contribution >= 0.6 is 0 Å². The van der Waals surface area contributed by atoms with Crippen molar-refractivity contribution in [3.8, 4) is 0 Å². The number of nitrogens with zero attached hydrogens (tertiary/aromatic N) is 3. The molecule has 0 radical (unpaired) electrons. The van der Waals surface area contributed by atoms with Crippen LogP contribution in [0.25, 0.3) is 5.65 Å². The van der Waals surface area contributed by atoms with E-state index in [-0.39, 0.29) is 24.5 Å². The fraction of sp³-hybridized carbons (Fsp3) is 0.562. The van der Waals surface area contributed by atoms with Gasteiger partial charge in [-0.05, 0) is 24.5 Å². The summed E-state index contributed by atoms with van der Waals surface area (Å²) in [4.78, 5) is 12.1. The highest BCUT2D eigenvalue weighted by molar-refractivity contribution is 5.74. The zero-order valence-electron chi connectivity index (χ0n) is 13.9. The van der Waals surface area contributed by atoms with Crippen molar-refractivity contribution in [2.75, 3.05) is 6.54 Å². The molecule has 0 saturated heterocycles. The standard InChI is InChI=1S/C16H25N5O2/c1-4-7-12(22)10-17-16(23)18-14(11(2)3)15-20-19-13-8-5-6-9-21(13)15/h5-6,8-9,11-12,14,22H,4,7,10H2,1-3H3,(H2,17,18,23). The van der Waals surface area contributed by atoms with Crippen molar-refractivity contribution in [3.63, 3.8) is 0 Å². The SMILES string of the molecule is CCCC(O)CNC(=O)NC(c1nnc2ccccn12)C(C)C. The van der Waals surface area contributed by atoms with E-state index in [0.29, 0.717) is 12.2 Å². The molecule has 2 heterocycles. The van der Waals surface area contributed by atoms with Gasteiger partial charge in [0.25, 0.3) is 0 Å². The van der Waals surface area contributed by atoms with E-state index in [0.717, 1.165) is 12.1 Å². The van der Waals surface area contributed by atoms with Gasteiger partial charge in [0.1, 0.15) is 0 Å². The summed E-state index contributed by atoms with van der Waals surface area (Å²) in [6.45, 7) is 6.27. The lowest BCUT2D eigenvalue weighted by Gasteiger charge is -2.21. The van der Waals surface area contributed by atoms with Crippen LogP contribution in [0.3, 0.4) is 0 Å². The average molecular weight is 319 g/mol. The third kappa shape index (κ3) is 4.41. The highest BCUT2D eigenvalue weighted by Crippen LogP contribution is 2.20. The van der Waals surface area contributed by atoms with Crippen molar-refractivity contribution in [1.82, 2.24) is 25.2 Å². The van der Waals surface area contributed by atoms with Gasteiger partial charge in [-0.15, -0.1) is 10.2 Å². The van der Waals surface area contributed by atoms with Crippen LogP contribution in [0.2, 0.25) is 0 Å². The van der Waals surface area contributed by atoms with E-state index in [1.54, 1.807) is 0 Å². The summed E-state index contributed by atoms with van der Waals surface area (Å²) < 4.78 is 1.87. The first kappa shape index (κ1) is 17.2. The van der Waals surface area contributed by atoms with Crippen LogP contribution in [0.5, 0.6) is 0 Å². The van der Waals surface area contributed by atoms with Crippen LogP contribution in [0.4, 0.5) is 4.79 Å². The molecule has 2 rings (SSSR count). The third-order valence-corrected chi connectivity index (χ3v) is 3.69. The Morgan fingerprint density at radius 1 is 1.35 bits per heavy atom. The van der Waals surface area contributed by atoms with Gasteiger partial charge in [-0.25, -0.2) is 4.79 Å². The van der Waals surface area contributed by atoms with E-state index in [1.165, 1.54) is 0 Å². The molecule has 23 heavy (non-hydrogen) atoms. The Morgan fingerprint density at radius 3 is 2.83 bits per heavy atom. The molecule has 0 fully saturated rings. The Labute approximate surface area is 136 Å². The van der Waals surface area contributed by atoms with Gasteiger partial charge < -0.3 is 15.7 Å². The van der Waals surface area contributed by atoms with Crippen LogP contribution in [0.1, 0.15) is 45.5 Å². The fourth-order valence-corrected chi connectivity index (χ4v) is 2.44. The van der Waals surface area contributed by atoms with Crippen molar-refractivity contribution in [2.45, 2.75) is 45.8 Å². The number of nitrogens with one attached hydrogen (secondary N) is 2. The zero-order valence-corrected chi connectivity index (χ0v) is 13.9. The Hall–Kier alpha value is -2.15. The first-order valence-corrected chi connectivity index (χ1v) is 8.05. The van der Waals surface area contributed by atoms with Gasteiger partial charge in [-0.2, -0.15) is 0 Å². The highest BCUT2D eigenvalue weighted by Gasteiger charge is 2.23. The van der Waals surface area contributed by atoms with Crippen molar-refractivity contribution >= 4 is 11.7 Å². The Balaban J connectivity index is 2.06. The summed E-state index contributed by atoms with van der Waals surface area (Å²) in [7, 11) is 0. The van der Waals surface area contributed by atoms with E-state index >= 15 is 0 Å². The van der Waals surface area contributed by atoms with Gasteiger partial charge in [0, 0.05) is 12.7 Å². The van der Waals surface area contributed by atoms with Crippen molar-refractivity contribution in [3.05, 3.63) is 30.2 Å². The van der Waals surface area contributed by atoms with E-state index in [2.05, 4.69) is 20.8 Å². The minimum atomic E-state index is -0.517. The second kappa shape index (κ2) is 7.92. The molecule has 3 N–H and O–H groups in total. The number of aromatic nitrogens is 3. The molecule has 0 saturated carbocycles. The van der Waals surface area contributed by atoms with Crippen LogP contribution in [0.15, 0.2) is 24.4 Å². The van der Waals surface area contributed by atoms with Gasteiger partial charge in [-0.1, -0.05) is 33.3 Å². The summed E-state index contributed by atoms with van der Waals surface area (Å²) in [5.74, 6) is 0.841. The Morgan fingerprint density at radius 2 is 2.13 bits per heavy atom. The summed E-state index contributed by atoms with van der Waals surface area (Å²) in [6.07, 6.45) is 2.91. The second-order valence-corrected chi connectivity index (χ2v) is 6.01. The van der Waals surface area contributed by atoms with Crippen LogP contribution in [-0.4, -0.2) is 38.4 Å². The number of carbonyl (C=O) groups is 1. The number of hydrogen-bond acceptors (Lipinski definition) is 4. The van der Waals surface area contributed by atoms with Gasteiger partial charge in [-0.3, -0.25) is 4.40 Å². The monoisotopic (exact) mass is 319 g/mol. The summed E-state index contributed by atoms with van der Waals surface area (Å²) in [5, 5.41) is 23.7. The number of aliphatic hydroxyl groups excluding tert-OH is 1. The van der Waals surface area contributed by atoms with Gasteiger partial charge in [0.2, 0.25) is 0 Å². The molecule has 2 amide bonds. The minimum Gasteiger partial charge on any atom is -0.391 e. The van der Waals surface area contributed by atoms with E-state index in [1.807, 2.05) is 49.6 Å². The summed E-state index contributed by atoms with van der Waals surface area (Å²) >= 11 is 0. The molecule has 7 heteroatoms. The molecule has 2 atom stereocenters. The molecule has 7 nitrogen and oxygen atoms in total. The zero-order chi connectivity index (χ0) is 16.8. The quantitative estimate of drug-likeness (QED) is 0.727. The molecule has 0 aliphatic rings. The van der Waals surface area contributed by atoms with Gasteiger partial charge >= 0.3 is 6.03 Å². The molecule has 126 valence electrons. The first-order valence-electron chi connectivity index (χ1n) is 8.05. The van der Waals surface area contributed by atoms with Crippen molar-refractivity contribution < 1.29 is 9.90 Å². The van der Waals surface area contributed by atoms with E-state index in [4.69, 9.17) is 0 Å². The molecule has 0 spiro atoms. The first-order chi connectivity index (χ1) is 11.0. The Bertz CT molecular complexity index is 640. The molecule has 2 aromatic rings. The number of amides is 2. The Kier molecular flexibility index (Phi) is 5.92.